The van der Waals surface area contributed by atoms with Gasteiger partial charge in [0.05, 0.1) is 0 Å². The molecule has 0 aliphatic carbocycles. The number of likely N-dealkylation sites (tertiary alicyclic amines) is 1. The molecule has 1 N–H and O–H groups in total. The van der Waals surface area contributed by atoms with E-state index in [1.54, 1.807) is 0 Å². The Morgan fingerprint density at radius 2 is 2.22 bits per heavy atom. The van der Waals surface area contributed by atoms with Crippen LogP contribution in [-0.2, 0) is 6.54 Å². The molecule has 0 amide bonds. The molecule has 1 aliphatic heterocycles. The Morgan fingerprint density at radius 3 is 2.78 bits per heavy atom. The molecular weight excluding hydrogens is 222 g/mol. The maximum absolute atomic E-state index is 4.47. The fourth-order valence-corrected chi connectivity index (χ4v) is 2.55. The molecule has 0 radical (unpaired) electrons. The third-order valence-electron chi connectivity index (χ3n) is 3.83. The van der Waals surface area contributed by atoms with Gasteiger partial charge in [-0.3, -0.25) is 4.90 Å². The Labute approximate surface area is 111 Å². The lowest BCUT2D eigenvalue weighted by molar-refractivity contribution is 0.166. The van der Waals surface area contributed by atoms with Gasteiger partial charge in [-0.2, -0.15) is 0 Å². The van der Waals surface area contributed by atoms with Crippen LogP contribution in [-0.4, -0.2) is 28.5 Å². The zero-order valence-corrected chi connectivity index (χ0v) is 11.9. The van der Waals surface area contributed by atoms with Crippen LogP contribution in [0.25, 0.3) is 0 Å². The van der Waals surface area contributed by atoms with E-state index in [0.29, 0.717) is 5.54 Å². The minimum absolute atomic E-state index is 0.346. The molecule has 1 aliphatic rings. The predicted octanol–water partition coefficient (Wildman–Crippen LogP) is 3.28. The minimum atomic E-state index is 0.346. The molecule has 3 nitrogen and oxygen atoms in total. The molecule has 0 unspecified atom stereocenters. The van der Waals surface area contributed by atoms with Gasteiger partial charge in [-0.1, -0.05) is 13.0 Å². The van der Waals surface area contributed by atoms with Crippen molar-refractivity contribution in [3.05, 3.63) is 23.9 Å². The summed E-state index contributed by atoms with van der Waals surface area (Å²) in [6.45, 7) is 10.1. The normalized spacial score (nSPS) is 19.1. The van der Waals surface area contributed by atoms with Crippen LogP contribution in [0.1, 0.15) is 45.6 Å². The van der Waals surface area contributed by atoms with Crippen LogP contribution in [0.4, 0.5) is 5.82 Å². The third-order valence-corrected chi connectivity index (χ3v) is 3.83. The van der Waals surface area contributed by atoms with Crippen molar-refractivity contribution < 1.29 is 0 Å². The van der Waals surface area contributed by atoms with Gasteiger partial charge in [0.1, 0.15) is 5.82 Å². The van der Waals surface area contributed by atoms with E-state index in [9.17, 15) is 0 Å². The highest BCUT2D eigenvalue weighted by molar-refractivity contribution is 5.35. The topological polar surface area (TPSA) is 28.2 Å². The SMILES string of the molecule is CCCNc1ccc(CN2CCCC2(C)C)cn1. The van der Waals surface area contributed by atoms with Gasteiger partial charge in [0, 0.05) is 24.8 Å². The second-order valence-corrected chi connectivity index (χ2v) is 5.82. The fourth-order valence-electron chi connectivity index (χ4n) is 2.55. The first-order chi connectivity index (χ1) is 8.62. The van der Waals surface area contributed by atoms with Gasteiger partial charge in [-0.05, 0) is 51.3 Å². The van der Waals surface area contributed by atoms with Gasteiger partial charge in [-0.25, -0.2) is 4.98 Å². The van der Waals surface area contributed by atoms with Gasteiger partial charge < -0.3 is 5.32 Å². The number of pyridine rings is 1. The number of nitrogens with one attached hydrogen (secondary N) is 1. The lowest BCUT2D eigenvalue weighted by atomic mass is 10.0. The van der Waals surface area contributed by atoms with Gasteiger partial charge in [0.15, 0.2) is 0 Å². The fraction of sp³-hybridized carbons (Fsp3) is 0.667. The quantitative estimate of drug-likeness (QED) is 0.865. The van der Waals surface area contributed by atoms with E-state index in [2.05, 4.69) is 48.1 Å². The van der Waals surface area contributed by atoms with Crippen molar-refractivity contribution in [2.75, 3.05) is 18.4 Å². The largest absolute Gasteiger partial charge is 0.370 e. The highest BCUT2D eigenvalue weighted by Gasteiger charge is 2.31. The molecule has 2 heterocycles. The summed E-state index contributed by atoms with van der Waals surface area (Å²) in [7, 11) is 0. The van der Waals surface area contributed by atoms with E-state index in [-0.39, 0.29) is 0 Å². The number of nitrogens with zero attached hydrogens (tertiary/aromatic N) is 2. The first-order valence-corrected chi connectivity index (χ1v) is 7.05. The molecule has 1 fully saturated rings. The molecule has 1 saturated heterocycles. The van der Waals surface area contributed by atoms with Crippen LogP contribution in [0.2, 0.25) is 0 Å². The molecule has 2 rings (SSSR count). The molecule has 100 valence electrons. The standard InChI is InChI=1S/C15H25N3/c1-4-9-16-14-7-6-13(11-17-14)12-18-10-5-8-15(18,2)3/h6-7,11H,4-5,8-10,12H2,1-3H3,(H,16,17). The number of rotatable bonds is 5. The Morgan fingerprint density at radius 1 is 1.39 bits per heavy atom. The van der Waals surface area contributed by atoms with Crippen molar-refractivity contribution in [1.82, 2.24) is 9.88 Å². The average molecular weight is 247 g/mol. The lowest BCUT2D eigenvalue weighted by Gasteiger charge is -2.31. The lowest BCUT2D eigenvalue weighted by Crippen LogP contribution is -2.37. The van der Waals surface area contributed by atoms with E-state index in [0.717, 1.165) is 25.3 Å². The Balaban J connectivity index is 1.94. The van der Waals surface area contributed by atoms with Crippen molar-refractivity contribution in [3.8, 4) is 0 Å². The Hall–Kier alpha value is -1.09. The molecule has 3 heteroatoms. The van der Waals surface area contributed by atoms with Crippen LogP contribution in [0.15, 0.2) is 18.3 Å². The van der Waals surface area contributed by atoms with E-state index >= 15 is 0 Å². The summed E-state index contributed by atoms with van der Waals surface area (Å²) in [5.74, 6) is 0.987. The van der Waals surface area contributed by atoms with Crippen LogP contribution in [0, 0.1) is 0 Å². The first kappa shape index (κ1) is 13.3. The van der Waals surface area contributed by atoms with Gasteiger partial charge >= 0.3 is 0 Å². The monoisotopic (exact) mass is 247 g/mol. The molecule has 1 aromatic heterocycles. The van der Waals surface area contributed by atoms with Crippen molar-refractivity contribution in [2.45, 2.75) is 52.1 Å². The molecule has 0 atom stereocenters. The number of aromatic nitrogens is 1. The zero-order chi connectivity index (χ0) is 13.0. The summed E-state index contributed by atoms with van der Waals surface area (Å²) in [6, 6.07) is 4.29. The predicted molar refractivity (Wildman–Crippen MR) is 76.7 cm³/mol. The average Bonchev–Trinajstić information content (AvgIpc) is 2.68. The van der Waals surface area contributed by atoms with Crippen molar-refractivity contribution >= 4 is 5.82 Å². The first-order valence-electron chi connectivity index (χ1n) is 7.05. The molecular formula is C15H25N3. The summed E-state index contributed by atoms with van der Waals surface area (Å²) >= 11 is 0. The van der Waals surface area contributed by atoms with Crippen LogP contribution in [0.3, 0.4) is 0 Å². The number of hydrogen-bond acceptors (Lipinski definition) is 3. The smallest absolute Gasteiger partial charge is 0.125 e. The summed E-state index contributed by atoms with van der Waals surface area (Å²) < 4.78 is 0. The van der Waals surface area contributed by atoms with E-state index in [1.807, 2.05) is 6.20 Å². The molecule has 18 heavy (non-hydrogen) atoms. The maximum atomic E-state index is 4.47. The van der Waals surface area contributed by atoms with E-state index in [4.69, 9.17) is 0 Å². The molecule has 0 bridgehead atoms. The second kappa shape index (κ2) is 5.70. The Bertz CT molecular complexity index is 370. The van der Waals surface area contributed by atoms with Crippen LogP contribution in [0.5, 0.6) is 0 Å². The Kier molecular flexibility index (Phi) is 4.23. The second-order valence-electron chi connectivity index (χ2n) is 5.82. The van der Waals surface area contributed by atoms with Gasteiger partial charge in [0.25, 0.3) is 0 Å². The third kappa shape index (κ3) is 3.22. The van der Waals surface area contributed by atoms with E-state index < -0.39 is 0 Å². The summed E-state index contributed by atoms with van der Waals surface area (Å²) in [6.07, 6.45) is 5.75. The zero-order valence-electron chi connectivity index (χ0n) is 11.9. The molecule has 1 aromatic rings. The van der Waals surface area contributed by atoms with E-state index in [1.165, 1.54) is 24.9 Å². The highest BCUT2D eigenvalue weighted by Crippen LogP contribution is 2.29. The van der Waals surface area contributed by atoms with Crippen LogP contribution >= 0.6 is 0 Å². The van der Waals surface area contributed by atoms with Gasteiger partial charge in [0.2, 0.25) is 0 Å². The van der Waals surface area contributed by atoms with Gasteiger partial charge in [-0.15, -0.1) is 0 Å². The van der Waals surface area contributed by atoms with Crippen molar-refractivity contribution in [1.29, 1.82) is 0 Å². The molecule has 0 saturated carbocycles. The maximum Gasteiger partial charge on any atom is 0.125 e. The summed E-state index contributed by atoms with van der Waals surface area (Å²) in [5, 5.41) is 3.31. The number of anilines is 1. The molecule has 0 spiro atoms. The van der Waals surface area contributed by atoms with Crippen molar-refractivity contribution in [3.63, 3.8) is 0 Å². The minimum Gasteiger partial charge on any atom is -0.370 e. The number of hydrogen-bond donors (Lipinski definition) is 1. The van der Waals surface area contributed by atoms with Crippen molar-refractivity contribution in [2.24, 2.45) is 0 Å². The summed E-state index contributed by atoms with van der Waals surface area (Å²) in [4.78, 5) is 7.03. The molecule has 0 aromatic carbocycles. The highest BCUT2D eigenvalue weighted by atomic mass is 15.2. The van der Waals surface area contributed by atoms with Crippen LogP contribution < -0.4 is 5.32 Å². The summed E-state index contributed by atoms with van der Waals surface area (Å²) in [5.41, 5.74) is 1.66.